The third kappa shape index (κ3) is 9.17. The highest BCUT2D eigenvalue weighted by Crippen LogP contribution is 2.32. The number of ether oxygens (including phenoxy) is 1. The number of thioether (sulfide) groups is 1. The van der Waals surface area contributed by atoms with E-state index in [1.807, 2.05) is 0 Å². The monoisotopic (exact) mass is 760 g/mol. The Bertz CT molecular complexity index is 2620. The zero-order chi connectivity index (χ0) is 47.3. The van der Waals surface area contributed by atoms with E-state index in [2.05, 4.69) is 0 Å². The van der Waals surface area contributed by atoms with Gasteiger partial charge in [0, 0.05) is 62.0 Å². The number of nitrogens with zero attached hydrogens (tertiary/aromatic N) is 3. The van der Waals surface area contributed by atoms with Crippen molar-refractivity contribution in [1.29, 1.82) is 0 Å². The van der Waals surface area contributed by atoms with Gasteiger partial charge in [0.15, 0.2) is 17.1 Å². The molecule has 1 fully saturated rings. The second kappa shape index (κ2) is 16.7. The van der Waals surface area contributed by atoms with Gasteiger partial charge in [-0.2, -0.15) is 13.2 Å². The average molecular weight is 761 g/mol. The first-order valence-electron chi connectivity index (χ1n) is 22.0. The summed E-state index contributed by atoms with van der Waals surface area (Å²) in [6, 6.07) is 8.70. The molecule has 0 saturated carbocycles. The molecule has 2 heterocycles. The number of carbonyl (C=O) groups is 1. The number of benzene rings is 4. The van der Waals surface area contributed by atoms with Crippen LogP contribution >= 0.6 is 11.8 Å². The van der Waals surface area contributed by atoms with Gasteiger partial charge >= 0.3 is 6.18 Å². The largest absolute Gasteiger partial charge is 0.416 e. The Morgan fingerprint density at radius 1 is 1.02 bits per heavy atom. The maximum Gasteiger partial charge on any atom is 0.416 e. The number of pyridine rings is 1. The van der Waals surface area contributed by atoms with Crippen LogP contribution in [0.5, 0.6) is 0 Å². The van der Waals surface area contributed by atoms with Gasteiger partial charge in [-0.3, -0.25) is 9.59 Å². The Morgan fingerprint density at radius 2 is 1.72 bits per heavy atom. The van der Waals surface area contributed by atoms with Crippen molar-refractivity contribution < 1.29 is 46.6 Å². The molecule has 5 aromatic rings. The minimum absolute atomic E-state index is 0.00439. The van der Waals surface area contributed by atoms with Gasteiger partial charge in [0.05, 0.1) is 37.8 Å². The van der Waals surface area contributed by atoms with Crippen LogP contribution in [0.2, 0.25) is 0 Å². The molecule has 278 valence electrons. The summed E-state index contributed by atoms with van der Waals surface area (Å²) in [5.74, 6) is -4.64. The van der Waals surface area contributed by atoms with E-state index in [4.69, 9.17) is 14.3 Å². The first-order chi connectivity index (χ1) is 29.8. The molecule has 1 saturated heterocycles. The Labute approximate surface area is 324 Å². The summed E-state index contributed by atoms with van der Waals surface area (Å²) in [7, 11) is -2.65. The number of alkyl halides is 3. The van der Waals surface area contributed by atoms with Gasteiger partial charge in [0.1, 0.15) is 6.50 Å². The normalized spacial score (nSPS) is 18.0. The molecule has 0 atom stereocenters. The topological polar surface area (TPSA) is 54.8 Å². The number of halogens is 5. The molecule has 0 bridgehead atoms. The highest BCUT2D eigenvalue weighted by Gasteiger charge is 2.31. The molecule has 0 radical (unpaired) electrons. The second-order valence-corrected chi connectivity index (χ2v) is 13.3. The number of rotatable bonds is 12. The molecule has 1 aliphatic heterocycles. The van der Waals surface area contributed by atoms with Crippen LogP contribution in [0.15, 0.2) is 101 Å². The SMILES string of the molecule is [2H]c1c(C)c([2H])c2c(=O)c([2H])c(SCc3cccc(F)c3F)n(C([2H])([2H])C(=O)N(C3CCN(CCOC([2H])([2H])[2H])CC3)C([2H])([2H])c3ccc(-c4ccc(C(F)(F)F)cc4)cc3)c2c1[2H]. The van der Waals surface area contributed by atoms with Crippen LogP contribution in [0.25, 0.3) is 22.0 Å². The first kappa shape index (κ1) is 26.3. The number of carbonyl (C=O) groups excluding carboxylic acids is 1. The van der Waals surface area contributed by atoms with E-state index in [1.54, 1.807) is 4.90 Å². The highest BCUT2D eigenvalue weighted by atomic mass is 32.2. The third-order valence-electron chi connectivity index (χ3n) is 8.73. The zero-order valence-electron chi connectivity index (χ0n) is 39.2. The maximum absolute atomic E-state index is 15.3. The second-order valence-electron chi connectivity index (χ2n) is 12.3. The highest BCUT2D eigenvalue weighted by molar-refractivity contribution is 7.98. The summed E-state index contributed by atoms with van der Waals surface area (Å²) in [6.45, 7) is -4.89. The maximum atomic E-state index is 15.3. The average Bonchev–Trinajstić information content (AvgIpc) is 3.23. The summed E-state index contributed by atoms with van der Waals surface area (Å²) in [6.07, 6.45) is -4.58. The number of aromatic nitrogens is 1. The number of likely N-dealkylation sites (tertiary alicyclic amines) is 1. The smallest absolute Gasteiger partial charge is 0.383 e. The van der Waals surface area contributed by atoms with Crippen LogP contribution in [-0.2, 0) is 34.5 Å². The number of hydrogen-bond donors (Lipinski definition) is 0. The van der Waals surface area contributed by atoms with Crippen molar-refractivity contribution >= 4 is 28.6 Å². The number of amides is 1. The fourth-order valence-corrected chi connectivity index (χ4v) is 6.86. The van der Waals surface area contributed by atoms with Gasteiger partial charge in [-0.15, -0.1) is 11.8 Å². The fourth-order valence-electron chi connectivity index (χ4n) is 5.92. The van der Waals surface area contributed by atoms with E-state index in [0.717, 1.165) is 18.2 Å². The van der Waals surface area contributed by atoms with Crippen molar-refractivity contribution in [2.75, 3.05) is 33.3 Å². The molecule has 6 rings (SSSR count). The number of hydrogen-bond acceptors (Lipinski definition) is 5. The van der Waals surface area contributed by atoms with E-state index in [1.165, 1.54) is 55.5 Å². The third-order valence-corrected chi connectivity index (χ3v) is 9.74. The molecule has 0 N–H and O–H groups in total. The molecule has 0 spiro atoms. The molecule has 12 heteroatoms. The fraction of sp³-hybridized carbons (Fsp3) is 0.317. The standard InChI is InChI=1S/C41H40F5N3O3S/c1-27-6-15-36-34(22-27)37(50)23-39(53-26-31-4-3-5-35(42)40(31)43)49(36)25-38(51)48(33-16-18-47(19-17-33)20-21-52-2)24-28-7-9-29(10-8-28)30-11-13-32(14-12-30)41(44,45)46/h3-15,22-23,33H,16-21,24-26H2,1-2H3/i2D3,6D,15D,22D,23D,24D2,25D2. The predicted octanol–water partition coefficient (Wildman–Crippen LogP) is 8.71. The molecular weight excluding hydrogens is 710 g/mol. The van der Waals surface area contributed by atoms with Gasteiger partial charge in [-0.1, -0.05) is 60.1 Å². The van der Waals surface area contributed by atoms with Crippen molar-refractivity contribution in [2.45, 2.75) is 55.8 Å². The van der Waals surface area contributed by atoms with Crippen LogP contribution in [0, 0.1) is 18.6 Å². The van der Waals surface area contributed by atoms with E-state index in [-0.39, 0.29) is 55.8 Å². The summed E-state index contributed by atoms with van der Waals surface area (Å²) in [4.78, 5) is 31.6. The lowest BCUT2D eigenvalue weighted by Crippen LogP contribution is -2.48. The van der Waals surface area contributed by atoms with Crippen molar-refractivity contribution in [3.63, 3.8) is 0 Å². The van der Waals surface area contributed by atoms with Crippen LogP contribution in [0.1, 0.15) is 50.2 Å². The van der Waals surface area contributed by atoms with Crippen molar-refractivity contribution in [1.82, 2.24) is 14.4 Å². The van der Waals surface area contributed by atoms with Crippen molar-refractivity contribution in [3.05, 3.63) is 135 Å². The van der Waals surface area contributed by atoms with Crippen molar-refractivity contribution in [2.24, 2.45) is 0 Å². The van der Waals surface area contributed by atoms with Gasteiger partial charge in [0.2, 0.25) is 5.91 Å². The van der Waals surface area contributed by atoms with Gasteiger partial charge < -0.3 is 19.1 Å². The summed E-state index contributed by atoms with van der Waals surface area (Å²) in [5, 5.41) is -1.34. The van der Waals surface area contributed by atoms with Gasteiger partial charge in [-0.25, -0.2) is 8.78 Å². The Morgan fingerprint density at radius 3 is 2.40 bits per heavy atom. The summed E-state index contributed by atoms with van der Waals surface area (Å²) < 4.78 is 170. The lowest BCUT2D eigenvalue weighted by Gasteiger charge is -2.39. The lowest BCUT2D eigenvalue weighted by atomic mass is 10.00. The quantitative estimate of drug-likeness (QED) is 0.0942. The van der Waals surface area contributed by atoms with Gasteiger partial charge in [-0.05, 0) is 66.7 Å². The molecule has 1 amide bonds. The zero-order valence-corrected chi connectivity index (χ0v) is 29.1. The minimum Gasteiger partial charge on any atom is -0.383 e. The van der Waals surface area contributed by atoms with Crippen LogP contribution < -0.4 is 5.43 Å². The van der Waals surface area contributed by atoms with Crippen LogP contribution in [-0.4, -0.2) is 59.6 Å². The molecule has 1 aliphatic rings. The van der Waals surface area contributed by atoms with E-state index in [9.17, 15) is 32.2 Å². The van der Waals surface area contributed by atoms with Crippen LogP contribution in [0.4, 0.5) is 22.0 Å². The Kier molecular flexibility index (Phi) is 8.26. The Balaban J connectivity index is 1.49. The number of fused-ring (bicyclic) bond motifs is 1. The molecule has 6 nitrogen and oxygen atoms in total. The molecule has 1 aromatic heterocycles. The first-order valence-corrected chi connectivity index (χ1v) is 17.5. The molecule has 53 heavy (non-hydrogen) atoms. The van der Waals surface area contributed by atoms with E-state index >= 15 is 4.79 Å². The van der Waals surface area contributed by atoms with E-state index in [0.29, 0.717) is 32.4 Å². The lowest BCUT2D eigenvalue weighted by molar-refractivity contribution is -0.137. The summed E-state index contributed by atoms with van der Waals surface area (Å²) in [5.41, 5.74) is -2.70. The molecule has 0 unspecified atom stereocenters. The van der Waals surface area contributed by atoms with Gasteiger partial charge in [0.25, 0.3) is 0 Å². The number of piperidine rings is 1. The summed E-state index contributed by atoms with van der Waals surface area (Å²) >= 11 is 0.447. The van der Waals surface area contributed by atoms with Crippen LogP contribution in [0.3, 0.4) is 0 Å². The number of methoxy groups -OCH3 is 1. The molecule has 4 aromatic carbocycles. The Hall–Kier alpha value is -4.52. The molecular formula is C41H40F5N3O3S. The molecule has 0 aliphatic carbocycles. The minimum atomic E-state index is -4.59. The predicted molar refractivity (Wildman–Crippen MR) is 198 cm³/mol. The van der Waals surface area contributed by atoms with E-state index < -0.39 is 107 Å². The van der Waals surface area contributed by atoms with Crippen molar-refractivity contribution in [3.8, 4) is 11.1 Å².